The first-order valence-corrected chi connectivity index (χ1v) is 11.1. The molecule has 0 fully saturated rings. The summed E-state index contributed by atoms with van der Waals surface area (Å²) >= 11 is 6.00. The van der Waals surface area contributed by atoms with E-state index in [1.807, 2.05) is 39.0 Å². The van der Waals surface area contributed by atoms with Gasteiger partial charge in [-0.2, -0.15) is 0 Å². The van der Waals surface area contributed by atoms with Crippen LogP contribution in [-0.4, -0.2) is 33.2 Å². The van der Waals surface area contributed by atoms with Crippen LogP contribution in [0.15, 0.2) is 36.4 Å². The number of aryl methyl sites for hydroxylation is 2. The molecule has 2 aromatic carbocycles. The third kappa shape index (κ3) is 4.25. The number of anilines is 1. The minimum Gasteiger partial charge on any atom is -0.476 e. The zero-order valence-corrected chi connectivity index (χ0v) is 17.8. The molecule has 1 aliphatic heterocycles. The summed E-state index contributed by atoms with van der Waals surface area (Å²) in [6, 6.07) is 10.5. The number of fused-ring (bicyclic) bond motifs is 1. The molecule has 1 heterocycles. The van der Waals surface area contributed by atoms with Crippen molar-refractivity contribution in [3.05, 3.63) is 58.1 Å². The summed E-state index contributed by atoms with van der Waals surface area (Å²) < 4.78 is 31.4. The van der Waals surface area contributed by atoms with Crippen LogP contribution in [0, 0.1) is 13.8 Å². The number of benzene rings is 2. The molecular formula is C20H23ClN2O4S. The Balaban J connectivity index is 1.82. The number of ether oxygens (including phenoxy) is 1. The molecule has 150 valence electrons. The SMILES string of the molecule is Cc1ccc([C@@H](C)NC(=O)[C@H]2CN(S(C)(=O)=O)c3cc(Cl)ccc3O2)cc1C. The molecule has 0 spiro atoms. The van der Waals surface area contributed by atoms with Crippen LogP contribution >= 0.6 is 11.6 Å². The second kappa shape index (κ2) is 7.64. The van der Waals surface area contributed by atoms with Gasteiger partial charge in [-0.05, 0) is 55.7 Å². The van der Waals surface area contributed by atoms with Gasteiger partial charge in [0.15, 0.2) is 6.10 Å². The average Bonchev–Trinajstić information content (AvgIpc) is 2.62. The first-order valence-electron chi connectivity index (χ1n) is 8.87. The quantitative estimate of drug-likeness (QED) is 0.819. The highest BCUT2D eigenvalue weighted by molar-refractivity contribution is 7.92. The van der Waals surface area contributed by atoms with Crippen LogP contribution < -0.4 is 14.4 Å². The number of nitrogens with one attached hydrogen (secondary N) is 1. The van der Waals surface area contributed by atoms with Crippen LogP contribution in [0.4, 0.5) is 5.69 Å². The van der Waals surface area contributed by atoms with E-state index in [0.717, 1.165) is 21.7 Å². The topological polar surface area (TPSA) is 75.7 Å². The van der Waals surface area contributed by atoms with Crippen molar-refractivity contribution in [2.24, 2.45) is 0 Å². The Morgan fingerprint density at radius 3 is 2.57 bits per heavy atom. The van der Waals surface area contributed by atoms with Crippen LogP contribution in [0.5, 0.6) is 5.75 Å². The molecule has 2 aromatic rings. The molecule has 0 saturated heterocycles. The minimum absolute atomic E-state index is 0.113. The van der Waals surface area contributed by atoms with Gasteiger partial charge in [-0.1, -0.05) is 29.8 Å². The normalized spacial score (nSPS) is 17.5. The first kappa shape index (κ1) is 20.5. The van der Waals surface area contributed by atoms with E-state index in [1.54, 1.807) is 12.1 Å². The summed E-state index contributed by atoms with van der Waals surface area (Å²) in [4.78, 5) is 12.8. The number of halogens is 1. The summed E-state index contributed by atoms with van der Waals surface area (Å²) in [5.74, 6) is -0.0694. The first-order chi connectivity index (χ1) is 13.1. The fourth-order valence-corrected chi connectivity index (χ4v) is 4.17. The molecule has 1 amide bonds. The molecule has 0 aromatic heterocycles. The Bertz CT molecular complexity index is 1020. The van der Waals surface area contributed by atoms with E-state index in [1.165, 1.54) is 11.6 Å². The van der Waals surface area contributed by atoms with E-state index >= 15 is 0 Å². The molecule has 28 heavy (non-hydrogen) atoms. The monoisotopic (exact) mass is 422 g/mol. The van der Waals surface area contributed by atoms with Gasteiger partial charge in [-0.3, -0.25) is 9.10 Å². The van der Waals surface area contributed by atoms with Crippen molar-refractivity contribution in [3.8, 4) is 5.75 Å². The van der Waals surface area contributed by atoms with Crippen molar-refractivity contribution < 1.29 is 17.9 Å². The van der Waals surface area contributed by atoms with Gasteiger partial charge in [0.25, 0.3) is 5.91 Å². The highest BCUT2D eigenvalue weighted by atomic mass is 35.5. The maximum absolute atomic E-state index is 12.8. The third-order valence-corrected chi connectivity index (χ3v) is 6.25. The Morgan fingerprint density at radius 2 is 1.93 bits per heavy atom. The van der Waals surface area contributed by atoms with Crippen molar-refractivity contribution in [3.63, 3.8) is 0 Å². The van der Waals surface area contributed by atoms with Gasteiger partial charge >= 0.3 is 0 Å². The fraction of sp³-hybridized carbons (Fsp3) is 0.350. The lowest BCUT2D eigenvalue weighted by molar-refractivity contribution is -0.128. The van der Waals surface area contributed by atoms with E-state index in [2.05, 4.69) is 5.32 Å². The predicted octanol–water partition coefficient (Wildman–Crippen LogP) is 3.36. The van der Waals surface area contributed by atoms with Crippen LogP contribution in [-0.2, 0) is 14.8 Å². The molecular weight excluding hydrogens is 400 g/mol. The largest absolute Gasteiger partial charge is 0.476 e. The summed E-state index contributed by atoms with van der Waals surface area (Å²) in [5.41, 5.74) is 3.62. The second-order valence-corrected chi connectivity index (χ2v) is 9.43. The highest BCUT2D eigenvalue weighted by Gasteiger charge is 2.35. The van der Waals surface area contributed by atoms with Gasteiger partial charge < -0.3 is 10.1 Å². The number of sulfonamides is 1. The highest BCUT2D eigenvalue weighted by Crippen LogP contribution is 2.37. The van der Waals surface area contributed by atoms with Crippen molar-refractivity contribution >= 4 is 33.2 Å². The standard InChI is InChI=1S/C20H23ClN2O4S/c1-12-5-6-15(9-13(12)2)14(3)22-20(24)19-11-23(28(4,25)26)17-10-16(21)7-8-18(17)27-19/h5-10,14,19H,11H2,1-4H3,(H,22,24)/t14-,19-/m1/s1. The Morgan fingerprint density at radius 1 is 1.21 bits per heavy atom. The van der Waals surface area contributed by atoms with Gasteiger partial charge in [0.05, 0.1) is 24.5 Å². The van der Waals surface area contributed by atoms with E-state index in [9.17, 15) is 13.2 Å². The number of nitrogens with zero attached hydrogens (tertiary/aromatic N) is 1. The Hall–Kier alpha value is -2.25. The molecule has 0 radical (unpaired) electrons. The lowest BCUT2D eigenvalue weighted by atomic mass is 10.0. The molecule has 0 unspecified atom stereocenters. The Kier molecular flexibility index (Phi) is 5.59. The number of carbonyl (C=O) groups is 1. The molecule has 6 nitrogen and oxygen atoms in total. The van der Waals surface area contributed by atoms with Gasteiger partial charge in [0.1, 0.15) is 5.75 Å². The molecule has 1 N–H and O–H groups in total. The molecule has 2 atom stereocenters. The minimum atomic E-state index is -3.60. The van der Waals surface area contributed by atoms with E-state index in [4.69, 9.17) is 16.3 Å². The predicted molar refractivity (Wildman–Crippen MR) is 111 cm³/mol. The van der Waals surface area contributed by atoms with Gasteiger partial charge in [-0.25, -0.2) is 8.42 Å². The zero-order valence-electron chi connectivity index (χ0n) is 16.2. The fourth-order valence-electron chi connectivity index (χ4n) is 3.10. The maximum atomic E-state index is 12.8. The lowest BCUT2D eigenvalue weighted by Gasteiger charge is -2.34. The molecule has 0 aliphatic carbocycles. The maximum Gasteiger partial charge on any atom is 0.263 e. The van der Waals surface area contributed by atoms with Crippen LogP contribution in [0.1, 0.15) is 29.7 Å². The molecule has 8 heteroatoms. The lowest BCUT2D eigenvalue weighted by Crippen LogP contribution is -2.50. The molecule has 0 bridgehead atoms. The second-order valence-electron chi connectivity index (χ2n) is 7.09. The third-order valence-electron chi connectivity index (χ3n) is 4.87. The van der Waals surface area contributed by atoms with E-state index in [-0.39, 0.29) is 18.5 Å². The van der Waals surface area contributed by atoms with Crippen molar-refractivity contribution in [2.75, 3.05) is 17.1 Å². The number of amides is 1. The average molecular weight is 423 g/mol. The summed E-state index contributed by atoms with van der Waals surface area (Å²) in [5, 5.41) is 3.31. The van der Waals surface area contributed by atoms with Crippen molar-refractivity contribution in [2.45, 2.75) is 32.9 Å². The van der Waals surface area contributed by atoms with Crippen molar-refractivity contribution in [1.29, 1.82) is 0 Å². The van der Waals surface area contributed by atoms with E-state index < -0.39 is 16.1 Å². The number of carbonyl (C=O) groups excluding carboxylic acids is 1. The van der Waals surface area contributed by atoms with Crippen LogP contribution in [0.25, 0.3) is 0 Å². The smallest absolute Gasteiger partial charge is 0.263 e. The zero-order chi connectivity index (χ0) is 20.6. The molecule has 1 aliphatic rings. The molecule has 3 rings (SSSR count). The van der Waals surface area contributed by atoms with Gasteiger partial charge in [0.2, 0.25) is 10.0 Å². The summed E-state index contributed by atoms with van der Waals surface area (Å²) in [7, 11) is -3.60. The van der Waals surface area contributed by atoms with Crippen LogP contribution in [0.3, 0.4) is 0 Å². The van der Waals surface area contributed by atoms with Crippen LogP contribution in [0.2, 0.25) is 5.02 Å². The summed E-state index contributed by atoms with van der Waals surface area (Å²) in [6.07, 6.45) is 0.132. The van der Waals surface area contributed by atoms with E-state index in [0.29, 0.717) is 16.5 Å². The number of hydrogen-bond acceptors (Lipinski definition) is 4. The van der Waals surface area contributed by atoms with Crippen molar-refractivity contribution in [1.82, 2.24) is 5.32 Å². The van der Waals surface area contributed by atoms with Gasteiger partial charge in [0, 0.05) is 5.02 Å². The van der Waals surface area contributed by atoms with Gasteiger partial charge in [-0.15, -0.1) is 0 Å². The number of hydrogen-bond donors (Lipinski definition) is 1. The Labute approximate surface area is 170 Å². The number of rotatable bonds is 4. The molecule has 0 saturated carbocycles. The summed E-state index contributed by atoms with van der Waals surface area (Å²) in [6.45, 7) is 5.82.